The Balaban J connectivity index is 1.69. The molecule has 114 valence electrons. The van der Waals surface area contributed by atoms with E-state index in [1.54, 1.807) is 6.20 Å². The summed E-state index contributed by atoms with van der Waals surface area (Å²) in [4.78, 5) is 0. The maximum atomic E-state index is 5.62. The van der Waals surface area contributed by atoms with Crippen molar-refractivity contribution in [3.63, 3.8) is 0 Å². The van der Waals surface area contributed by atoms with Crippen LogP contribution in [0.1, 0.15) is 32.2 Å². The lowest BCUT2D eigenvalue weighted by atomic mass is 9.97. The van der Waals surface area contributed by atoms with Gasteiger partial charge in [0.2, 0.25) is 5.89 Å². The molecular weight excluding hydrogens is 278 g/mol. The average Bonchev–Trinajstić information content (AvgIpc) is 3.16. The van der Waals surface area contributed by atoms with Gasteiger partial charge in [0.1, 0.15) is 0 Å². The Bertz CT molecular complexity index is 740. The van der Waals surface area contributed by atoms with Crippen molar-refractivity contribution in [3.8, 4) is 5.69 Å². The third-order valence-corrected chi connectivity index (χ3v) is 3.19. The van der Waals surface area contributed by atoms with E-state index in [9.17, 15) is 0 Å². The summed E-state index contributed by atoms with van der Waals surface area (Å²) in [5.74, 6) is 0.625. The summed E-state index contributed by atoms with van der Waals surface area (Å²) in [5.41, 5.74) is 1.99. The minimum Gasteiger partial charge on any atom is -0.408 e. The lowest BCUT2D eigenvalue weighted by Crippen LogP contribution is -2.11. The van der Waals surface area contributed by atoms with Gasteiger partial charge in [0.25, 0.3) is 0 Å². The molecule has 2 aromatic heterocycles. The second-order valence-corrected chi connectivity index (χ2v) is 6.14. The minimum absolute atomic E-state index is 0.146. The third kappa shape index (κ3) is 3.16. The van der Waals surface area contributed by atoms with E-state index in [-0.39, 0.29) is 5.41 Å². The molecule has 0 aliphatic carbocycles. The van der Waals surface area contributed by atoms with Crippen LogP contribution in [0.15, 0.2) is 47.1 Å². The lowest BCUT2D eigenvalue weighted by Gasteiger charge is -2.11. The van der Waals surface area contributed by atoms with E-state index in [1.807, 2.05) is 55.9 Å². The molecule has 0 radical (unpaired) electrons. The van der Waals surface area contributed by atoms with Crippen LogP contribution in [0.2, 0.25) is 0 Å². The van der Waals surface area contributed by atoms with Gasteiger partial charge in [0, 0.05) is 24.4 Å². The van der Waals surface area contributed by atoms with Gasteiger partial charge >= 0.3 is 6.01 Å². The zero-order valence-corrected chi connectivity index (χ0v) is 12.9. The van der Waals surface area contributed by atoms with Gasteiger partial charge in [-0.05, 0) is 23.8 Å². The Morgan fingerprint density at radius 1 is 1.18 bits per heavy atom. The Kier molecular flexibility index (Phi) is 3.66. The van der Waals surface area contributed by atoms with Crippen LogP contribution in [0.5, 0.6) is 0 Å². The van der Waals surface area contributed by atoms with Gasteiger partial charge in [-0.2, -0.15) is 5.10 Å². The highest BCUT2D eigenvalue weighted by Gasteiger charge is 2.21. The van der Waals surface area contributed by atoms with Crippen molar-refractivity contribution in [3.05, 3.63) is 54.2 Å². The highest BCUT2D eigenvalue weighted by Crippen LogP contribution is 2.22. The second kappa shape index (κ2) is 5.63. The fourth-order valence-electron chi connectivity index (χ4n) is 2.01. The minimum atomic E-state index is -0.146. The monoisotopic (exact) mass is 297 g/mol. The Morgan fingerprint density at radius 2 is 2.05 bits per heavy atom. The van der Waals surface area contributed by atoms with Gasteiger partial charge in [0.05, 0.1) is 5.69 Å². The number of aromatic nitrogens is 4. The fraction of sp³-hybridized carbons (Fsp3) is 0.312. The first kappa shape index (κ1) is 14.3. The van der Waals surface area contributed by atoms with Crippen molar-refractivity contribution in [1.82, 2.24) is 20.0 Å². The predicted molar refractivity (Wildman–Crippen MR) is 83.9 cm³/mol. The number of anilines is 1. The van der Waals surface area contributed by atoms with Crippen LogP contribution in [-0.2, 0) is 12.0 Å². The van der Waals surface area contributed by atoms with E-state index >= 15 is 0 Å². The number of rotatable bonds is 4. The topological polar surface area (TPSA) is 68.8 Å². The summed E-state index contributed by atoms with van der Waals surface area (Å²) >= 11 is 0. The van der Waals surface area contributed by atoms with Crippen molar-refractivity contribution in [2.24, 2.45) is 0 Å². The summed E-state index contributed by atoms with van der Waals surface area (Å²) in [7, 11) is 0. The van der Waals surface area contributed by atoms with Crippen molar-refractivity contribution >= 4 is 6.01 Å². The largest absolute Gasteiger partial charge is 0.408 e. The molecule has 0 spiro atoms. The summed E-state index contributed by atoms with van der Waals surface area (Å²) in [6.45, 7) is 6.73. The van der Waals surface area contributed by atoms with Crippen molar-refractivity contribution in [2.45, 2.75) is 32.7 Å². The maximum absolute atomic E-state index is 5.62. The van der Waals surface area contributed by atoms with Crippen LogP contribution in [0.4, 0.5) is 6.01 Å². The summed E-state index contributed by atoms with van der Waals surface area (Å²) in [6, 6.07) is 10.5. The van der Waals surface area contributed by atoms with Gasteiger partial charge < -0.3 is 9.73 Å². The first-order chi connectivity index (χ1) is 10.5. The van der Waals surface area contributed by atoms with Gasteiger partial charge in [0.15, 0.2) is 0 Å². The molecule has 0 saturated heterocycles. The summed E-state index contributed by atoms with van der Waals surface area (Å²) in [5, 5.41) is 15.5. The van der Waals surface area contributed by atoms with Crippen molar-refractivity contribution < 1.29 is 4.42 Å². The third-order valence-electron chi connectivity index (χ3n) is 3.19. The first-order valence-corrected chi connectivity index (χ1v) is 7.19. The molecule has 0 aliphatic heterocycles. The molecule has 2 heterocycles. The van der Waals surface area contributed by atoms with Gasteiger partial charge in [-0.3, -0.25) is 0 Å². The Hall–Kier alpha value is -2.63. The quantitative estimate of drug-likeness (QED) is 0.801. The molecule has 22 heavy (non-hydrogen) atoms. The number of nitrogens with zero attached hydrogens (tertiary/aromatic N) is 4. The molecule has 6 heteroatoms. The summed E-state index contributed by atoms with van der Waals surface area (Å²) < 4.78 is 7.45. The summed E-state index contributed by atoms with van der Waals surface area (Å²) in [6.07, 6.45) is 3.68. The molecule has 0 saturated carbocycles. The fourth-order valence-corrected chi connectivity index (χ4v) is 2.01. The zero-order chi connectivity index (χ0) is 15.6. The number of hydrogen-bond donors (Lipinski definition) is 1. The van der Waals surface area contributed by atoms with E-state index in [4.69, 9.17) is 4.42 Å². The van der Waals surface area contributed by atoms with Crippen LogP contribution >= 0.6 is 0 Å². The van der Waals surface area contributed by atoms with E-state index in [0.717, 1.165) is 11.3 Å². The molecule has 0 amide bonds. The van der Waals surface area contributed by atoms with Crippen LogP contribution in [-0.4, -0.2) is 20.0 Å². The average molecular weight is 297 g/mol. The van der Waals surface area contributed by atoms with Gasteiger partial charge in [-0.25, -0.2) is 4.68 Å². The molecule has 0 bridgehead atoms. The number of benzene rings is 1. The molecule has 3 rings (SSSR count). The van der Waals surface area contributed by atoms with Crippen molar-refractivity contribution in [1.29, 1.82) is 0 Å². The maximum Gasteiger partial charge on any atom is 0.315 e. The van der Waals surface area contributed by atoms with E-state index in [0.29, 0.717) is 18.5 Å². The lowest BCUT2D eigenvalue weighted by molar-refractivity contribution is 0.399. The standard InChI is InChI=1S/C16H19N5O/c1-16(2,3)14-19-20-15(22-14)17-11-12-6-4-7-13(10-12)21-9-5-8-18-21/h4-10H,11H2,1-3H3,(H,17,20). The van der Waals surface area contributed by atoms with Gasteiger partial charge in [-0.15, -0.1) is 5.10 Å². The Morgan fingerprint density at radius 3 is 2.73 bits per heavy atom. The second-order valence-electron chi connectivity index (χ2n) is 6.14. The van der Waals surface area contributed by atoms with E-state index in [2.05, 4.69) is 26.7 Å². The van der Waals surface area contributed by atoms with Crippen molar-refractivity contribution in [2.75, 3.05) is 5.32 Å². The zero-order valence-electron chi connectivity index (χ0n) is 12.9. The van der Waals surface area contributed by atoms with Crippen LogP contribution in [0, 0.1) is 0 Å². The van der Waals surface area contributed by atoms with E-state index < -0.39 is 0 Å². The molecule has 1 aromatic carbocycles. The smallest absolute Gasteiger partial charge is 0.315 e. The number of hydrogen-bond acceptors (Lipinski definition) is 5. The Labute approximate surface area is 129 Å². The molecule has 6 nitrogen and oxygen atoms in total. The SMILES string of the molecule is CC(C)(C)c1nnc(NCc2cccc(-n3cccn3)c2)o1. The van der Waals surface area contributed by atoms with E-state index in [1.165, 1.54) is 0 Å². The molecule has 0 atom stereocenters. The van der Waals surface area contributed by atoms with Crippen LogP contribution in [0.25, 0.3) is 5.69 Å². The highest BCUT2D eigenvalue weighted by atomic mass is 16.4. The molecule has 3 aromatic rings. The van der Waals surface area contributed by atoms with Crippen LogP contribution < -0.4 is 5.32 Å². The van der Waals surface area contributed by atoms with Crippen LogP contribution in [0.3, 0.4) is 0 Å². The molecule has 1 N–H and O–H groups in total. The first-order valence-electron chi connectivity index (χ1n) is 7.19. The molecule has 0 aliphatic rings. The molecule has 0 fully saturated rings. The predicted octanol–water partition coefficient (Wildman–Crippen LogP) is 3.16. The molecular formula is C16H19N5O. The number of nitrogens with one attached hydrogen (secondary N) is 1. The normalized spacial score (nSPS) is 11.6. The van der Waals surface area contributed by atoms with Gasteiger partial charge in [-0.1, -0.05) is 38.0 Å². The molecule has 0 unspecified atom stereocenters. The highest BCUT2D eigenvalue weighted by molar-refractivity contribution is 5.36.